The molecule has 0 spiro atoms. The second-order valence-corrected chi connectivity index (χ2v) is 5.97. The molecule has 0 fully saturated rings. The van der Waals surface area contributed by atoms with E-state index in [2.05, 4.69) is 15.3 Å². The van der Waals surface area contributed by atoms with Crippen molar-refractivity contribution in [2.24, 2.45) is 22.7 Å². The number of carbonyl (C=O) groups is 2. The molecule has 0 saturated carbocycles. The highest BCUT2D eigenvalue weighted by Gasteiger charge is 2.25. The van der Waals surface area contributed by atoms with E-state index >= 15 is 0 Å². The number of nitrogens with zero attached hydrogens (tertiary/aromatic N) is 3. The third kappa shape index (κ3) is 9.37. The van der Waals surface area contributed by atoms with E-state index in [1.807, 2.05) is 13.8 Å². The first-order valence-electron chi connectivity index (χ1n) is 7.97. The molecule has 22 heavy (non-hydrogen) atoms. The van der Waals surface area contributed by atoms with Crippen molar-refractivity contribution in [3.05, 3.63) is 10.4 Å². The van der Waals surface area contributed by atoms with Gasteiger partial charge in [0, 0.05) is 30.3 Å². The number of carbonyl (C=O) groups excluding carboxylic acids is 2. The van der Waals surface area contributed by atoms with E-state index in [4.69, 9.17) is 11.3 Å². The molecule has 0 heterocycles. The van der Waals surface area contributed by atoms with E-state index in [0.29, 0.717) is 13.1 Å². The van der Waals surface area contributed by atoms with Gasteiger partial charge in [-0.1, -0.05) is 31.8 Å². The van der Waals surface area contributed by atoms with Crippen molar-refractivity contribution in [3.63, 3.8) is 0 Å². The summed E-state index contributed by atoms with van der Waals surface area (Å²) < 4.78 is 0. The minimum absolute atomic E-state index is 0.0712. The molecule has 0 radical (unpaired) electrons. The quantitative estimate of drug-likeness (QED) is 0.249. The van der Waals surface area contributed by atoms with Crippen LogP contribution in [0.1, 0.15) is 52.9 Å². The molecule has 0 bridgehead atoms. The van der Waals surface area contributed by atoms with Crippen LogP contribution in [0.15, 0.2) is 5.11 Å². The summed E-state index contributed by atoms with van der Waals surface area (Å²) in [6.07, 6.45) is 3.91. The Balaban J connectivity index is 3.99. The fraction of sp³-hybridized carbons (Fsp3) is 0.867. The Hall–Kier alpha value is -1.59. The fourth-order valence-corrected chi connectivity index (χ4v) is 2.08. The normalized spacial score (nSPS) is 13.3. The van der Waals surface area contributed by atoms with Crippen molar-refractivity contribution >= 4 is 11.7 Å². The zero-order valence-corrected chi connectivity index (χ0v) is 13.9. The number of azide groups is 1. The Kier molecular flexibility index (Phi) is 11.1. The van der Waals surface area contributed by atoms with Crippen molar-refractivity contribution in [1.82, 2.24) is 5.32 Å². The van der Waals surface area contributed by atoms with Crippen LogP contribution >= 0.6 is 0 Å². The second kappa shape index (κ2) is 12.0. The van der Waals surface area contributed by atoms with Crippen LogP contribution in [0.5, 0.6) is 0 Å². The molecule has 0 saturated heterocycles. The lowest BCUT2D eigenvalue weighted by Crippen LogP contribution is -2.38. The summed E-state index contributed by atoms with van der Waals surface area (Å²) in [5, 5.41) is 6.37. The lowest BCUT2D eigenvalue weighted by atomic mass is 9.88. The summed E-state index contributed by atoms with van der Waals surface area (Å²) in [4.78, 5) is 26.6. The molecule has 0 rings (SSSR count). The predicted molar refractivity (Wildman–Crippen MR) is 87.1 cm³/mol. The van der Waals surface area contributed by atoms with Crippen LogP contribution in [0.25, 0.3) is 10.4 Å². The van der Waals surface area contributed by atoms with Crippen molar-refractivity contribution in [3.8, 4) is 0 Å². The molecule has 126 valence electrons. The second-order valence-electron chi connectivity index (χ2n) is 5.97. The summed E-state index contributed by atoms with van der Waals surface area (Å²) >= 11 is 0. The maximum absolute atomic E-state index is 12.2. The Morgan fingerprint density at radius 2 is 1.82 bits per heavy atom. The van der Waals surface area contributed by atoms with Crippen molar-refractivity contribution in [2.75, 3.05) is 13.1 Å². The van der Waals surface area contributed by atoms with E-state index in [9.17, 15) is 9.59 Å². The summed E-state index contributed by atoms with van der Waals surface area (Å²) in [5.41, 5.74) is 13.7. The van der Waals surface area contributed by atoms with Gasteiger partial charge in [-0.25, -0.2) is 0 Å². The van der Waals surface area contributed by atoms with Crippen LogP contribution in [-0.4, -0.2) is 30.8 Å². The fourth-order valence-electron chi connectivity index (χ4n) is 2.08. The van der Waals surface area contributed by atoms with Gasteiger partial charge in [0.05, 0.1) is 6.04 Å². The molecule has 0 unspecified atom stereocenters. The maximum atomic E-state index is 12.2. The minimum Gasteiger partial charge on any atom is -0.356 e. The van der Waals surface area contributed by atoms with E-state index < -0.39 is 6.04 Å². The van der Waals surface area contributed by atoms with Gasteiger partial charge in [-0.3, -0.25) is 9.59 Å². The first-order chi connectivity index (χ1) is 10.4. The van der Waals surface area contributed by atoms with Crippen LogP contribution < -0.4 is 11.1 Å². The molecule has 0 aliphatic heterocycles. The first kappa shape index (κ1) is 20.4. The molecule has 0 aliphatic rings. The van der Waals surface area contributed by atoms with Crippen LogP contribution in [0.3, 0.4) is 0 Å². The lowest BCUT2D eigenvalue weighted by molar-refractivity contribution is -0.131. The van der Waals surface area contributed by atoms with Gasteiger partial charge in [0.15, 0.2) is 0 Å². The zero-order valence-electron chi connectivity index (χ0n) is 13.9. The number of unbranched alkanes of at least 4 members (excludes halogenated alkanes) is 3. The van der Waals surface area contributed by atoms with Gasteiger partial charge >= 0.3 is 0 Å². The average Bonchev–Trinajstić information content (AvgIpc) is 2.46. The minimum atomic E-state index is -0.523. The third-order valence-electron chi connectivity index (χ3n) is 3.62. The van der Waals surface area contributed by atoms with Gasteiger partial charge < -0.3 is 11.1 Å². The number of ketones is 1. The average molecular weight is 311 g/mol. The molecule has 0 aliphatic carbocycles. The number of nitrogens with two attached hydrogens (primary N) is 1. The molecule has 0 aromatic heterocycles. The molecule has 2 atom stereocenters. The Labute approximate surface area is 132 Å². The molecule has 1 amide bonds. The summed E-state index contributed by atoms with van der Waals surface area (Å²) in [5.74, 6) is -0.361. The topological polar surface area (TPSA) is 121 Å². The van der Waals surface area contributed by atoms with Crippen molar-refractivity contribution in [1.29, 1.82) is 0 Å². The molecule has 7 nitrogen and oxygen atoms in total. The number of hydrogen-bond acceptors (Lipinski definition) is 4. The van der Waals surface area contributed by atoms with Crippen LogP contribution in [0, 0.1) is 11.8 Å². The number of rotatable bonds is 12. The van der Waals surface area contributed by atoms with E-state index in [1.165, 1.54) is 0 Å². The van der Waals surface area contributed by atoms with Gasteiger partial charge in [0.25, 0.3) is 0 Å². The molecular weight excluding hydrogens is 282 g/mol. The summed E-state index contributed by atoms with van der Waals surface area (Å²) in [7, 11) is 0. The monoisotopic (exact) mass is 311 g/mol. The number of nitrogens with one attached hydrogen (secondary N) is 1. The standard InChI is InChI=1S/C15H29N5O2/c1-11(2)13(10-14(21)12(3)16)15(22)18-8-6-4-5-7-9-19-20-17/h11-13H,4-10,16H2,1-3H3,(H,18,22)/t12-,13-/m1/s1. The van der Waals surface area contributed by atoms with Gasteiger partial charge in [-0.2, -0.15) is 0 Å². The summed E-state index contributed by atoms with van der Waals surface area (Å²) in [6, 6.07) is -0.523. The molecule has 7 heteroatoms. The van der Waals surface area contributed by atoms with Crippen LogP contribution in [0.4, 0.5) is 0 Å². The Morgan fingerprint density at radius 1 is 1.18 bits per heavy atom. The van der Waals surface area contributed by atoms with Crippen LogP contribution in [0.2, 0.25) is 0 Å². The number of Topliss-reactive ketones (excluding diaryl/α,β-unsaturated/α-hetero) is 1. The van der Waals surface area contributed by atoms with Gasteiger partial charge in [-0.15, -0.1) is 0 Å². The van der Waals surface area contributed by atoms with E-state index in [1.54, 1.807) is 6.92 Å². The highest BCUT2D eigenvalue weighted by atomic mass is 16.2. The molecular formula is C15H29N5O2. The smallest absolute Gasteiger partial charge is 0.223 e. The Morgan fingerprint density at radius 3 is 2.36 bits per heavy atom. The van der Waals surface area contributed by atoms with Gasteiger partial charge in [0.2, 0.25) is 5.91 Å². The summed E-state index contributed by atoms with van der Waals surface area (Å²) in [6.45, 7) is 6.66. The van der Waals surface area contributed by atoms with Crippen LogP contribution in [-0.2, 0) is 9.59 Å². The van der Waals surface area contributed by atoms with Crippen molar-refractivity contribution in [2.45, 2.75) is 58.9 Å². The SMILES string of the molecule is CC(C)[C@@H](CC(=O)[C@@H](C)N)C(=O)NCCCCCCN=[N+]=[N-]. The van der Waals surface area contributed by atoms with E-state index in [0.717, 1.165) is 25.7 Å². The maximum Gasteiger partial charge on any atom is 0.223 e. The molecule has 0 aromatic rings. The number of hydrogen-bond donors (Lipinski definition) is 2. The first-order valence-corrected chi connectivity index (χ1v) is 7.97. The molecule has 0 aromatic carbocycles. The number of amides is 1. The highest BCUT2D eigenvalue weighted by Crippen LogP contribution is 2.16. The Bertz CT molecular complexity index is 389. The largest absolute Gasteiger partial charge is 0.356 e. The molecule has 3 N–H and O–H groups in total. The highest BCUT2D eigenvalue weighted by molar-refractivity contribution is 5.89. The van der Waals surface area contributed by atoms with Gasteiger partial charge in [0.1, 0.15) is 5.78 Å². The predicted octanol–water partition coefficient (Wildman–Crippen LogP) is 2.55. The van der Waals surface area contributed by atoms with Crippen molar-refractivity contribution < 1.29 is 9.59 Å². The third-order valence-corrected chi connectivity index (χ3v) is 3.62. The van der Waals surface area contributed by atoms with E-state index in [-0.39, 0.29) is 29.9 Å². The lowest BCUT2D eigenvalue weighted by Gasteiger charge is -2.20. The van der Waals surface area contributed by atoms with Gasteiger partial charge in [-0.05, 0) is 31.2 Å². The zero-order chi connectivity index (χ0) is 17.0.